The zero-order valence-corrected chi connectivity index (χ0v) is 12.2. The fourth-order valence-corrected chi connectivity index (χ4v) is 5.04. The molecule has 0 N–H and O–H groups in total. The Labute approximate surface area is 107 Å². The Hall–Kier alpha value is -0.0400. The zero-order valence-electron chi connectivity index (χ0n) is 12.2. The standard InChI is InChI=1S/C16H30O/c1-5-16-10-6-9-15(2,3)14(16)8-7-13(11-16)12-17-4/h13-14H,5-12H2,1-4H3. The molecular weight excluding hydrogens is 208 g/mol. The Morgan fingerprint density at radius 3 is 2.59 bits per heavy atom. The summed E-state index contributed by atoms with van der Waals surface area (Å²) in [6, 6.07) is 0. The van der Waals surface area contributed by atoms with E-state index in [0.29, 0.717) is 10.8 Å². The van der Waals surface area contributed by atoms with Crippen molar-refractivity contribution in [1.29, 1.82) is 0 Å². The Morgan fingerprint density at radius 2 is 1.94 bits per heavy atom. The molecule has 100 valence electrons. The normalized spacial score (nSPS) is 40.9. The van der Waals surface area contributed by atoms with E-state index in [1.807, 2.05) is 7.11 Å². The fourth-order valence-electron chi connectivity index (χ4n) is 5.04. The number of hydrogen-bond acceptors (Lipinski definition) is 1. The van der Waals surface area contributed by atoms with Crippen LogP contribution in [0.1, 0.15) is 65.7 Å². The van der Waals surface area contributed by atoms with Gasteiger partial charge >= 0.3 is 0 Å². The van der Waals surface area contributed by atoms with Gasteiger partial charge in [0, 0.05) is 13.7 Å². The van der Waals surface area contributed by atoms with Gasteiger partial charge in [-0.05, 0) is 54.8 Å². The maximum absolute atomic E-state index is 5.40. The Kier molecular flexibility index (Phi) is 3.87. The predicted octanol–water partition coefficient (Wildman–Crippen LogP) is 4.66. The highest BCUT2D eigenvalue weighted by Crippen LogP contribution is 2.60. The molecule has 2 fully saturated rings. The second-order valence-electron chi connectivity index (χ2n) is 7.21. The molecule has 2 aliphatic carbocycles. The van der Waals surface area contributed by atoms with Crippen LogP contribution in [0.4, 0.5) is 0 Å². The van der Waals surface area contributed by atoms with Crippen molar-refractivity contribution in [1.82, 2.24) is 0 Å². The number of fused-ring (bicyclic) bond motifs is 1. The second-order valence-corrected chi connectivity index (χ2v) is 7.21. The van der Waals surface area contributed by atoms with Crippen LogP contribution < -0.4 is 0 Å². The number of ether oxygens (including phenoxy) is 1. The van der Waals surface area contributed by atoms with E-state index in [0.717, 1.165) is 18.4 Å². The summed E-state index contributed by atoms with van der Waals surface area (Å²) in [5, 5.41) is 0. The second kappa shape index (κ2) is 4.91. The number of methoxy groups -OCH3 is 1. The SMILES string of the molecule is CCC12CCCC(C)(C)C1CCC(COC)C2. The summed E-state index contributed by atoms with van der Waals surface area (Å²) in [4.78, 5) is 0. The van der Waals surface area contributed by atoms with Gasteiger partial charge in [-0.15, -0.1) is 0 Å². The summed E-state index contributed by atoms with van der Waals surface area (Å²) >= 11 is 0. The first-order chi connectivity index (χ1) is 8.04. The maximum atomic E-state index is 5.40. The molecule has 0 aromatic heterocycles. The van der Waals surface area contributed by atoms with Crippen molar-refractivity contribution in [2.75, 3.05) is 13.7 Å². The lowest BCUT2D eigenvalue weighted by atomic mass is 9.49. The monoisotopic (exact) mass is 238 g/mol. The highest BCUT2D eigenvalue weighted by molar-refractivity contribution is 5.00. The average molecular weight is 238 g/mol. The fraction of sp³-hybridized carbons (Fsp3) is 1.00. The highest BCUT2D eigenvalue weighted by Gasteiger charge is 2.50. The van der Waals surface area contributed by atoms with Crippen LogP contribution in [-0.2, 0) is 4.74 Å². The van der Waals surface area contributed by atoms with Crippen LogP contribution in [0, 0.1) is 22.7 Å². The van der Waals surface area contributed by atoms with Gasteiger partial charge in [0.1, 0.15) is 0 Å². The first-order valence-corrected chi connectivity index (χ1v) is 7.53. The summed E-state index contributed by atoms with van der Waals surface area (Å²) in [7, 11) is 1.86. The van der Waals surface area contributed by atoms with E-state index in [2.05, 4.69) is 20.8 Å². The molecule has 0 aromatic rings. The van der Waals surface area contributed by atoms with Crippen molar-refractivity contribution in [2.45, 2.75) is 65.7 Å². The summed E-state index contributed by atoms with van der Waals surface area (Å²) < 4.78 is 5.40. The molecule has 0 heterocycles. The summed E-state index contributed by atoms with van der Waals surface area (Å²) in [6.07, 6.45) is 9.98. The lowest BCUT2D eigenvalue weighted by Gasteiger charge is -2.56. The van der Waals surface area contributed by atoms with Gasteiger partial charge in [-0.25, -0.2) is 0 Å². The van der Waals surface area contributed by atoms with Crippen molar-refractivity contribution in [2.24, 2.45) is 22.7 Å². The van der Waals surface area contributed by atoms with Crippen molar-refractivity contribution >= 4 is 0 Å². The van der Waals surface area contributed by atoms with Crippen LogP contribution in [0.25, 0.3) is 0 Å². The molecule has 3 atom stereocenters. The van der Waals surface area contributed by atoms with E-state index in [1.54, 1.807) is 0 Å². The van der Waals surface area contributed by atoms with Gasteiger partial charge in [-0.2, -0.15) is 0 Å². The van der Waals surface area contributed by atoms with Gasteiger partial charge < -0.3 is 4.74 Å². The Morgan fingerprint density at radius 1 is 1.18 bits per heavy atom. The maximum Gasteiger partial charge on any atom is 0.0490 e. The molecule has 2 aliphatic rings. The Bertz CT molecular complexity index is 258. The van der Waals surface area contributed by atoms with E-state index in [4.69, 9.17) is 4.74 Å². The molecule has 0 aromatic carbocycles. The quantitative estimate of drug-likeness (QED) is 0.695. The summed E-state index contributed by atoms with van der Waals surface area (Å²) in [6.45, 7) is 8.42. The molecule has 0 aliphatic heterocycles. The largest absolute Gasteiger partial charge is 0.384 e. The van der Waals surface area contributed by atoms with Gasteiger partial charge in [0.05, 0.1) is 0 Å². The van der Waals surface area contributed by atoms with Crippen molar-refractivity contribution in [3.63, 3.8) is 0 Å². The van der Waals surface area contributed by atoms with Crippen molar-refractivity contribution < 1.29 is 4.74 Å². The van der Waals surface area contributed by atoms with Crippen LogP contribution in [0.3, 0.4) is 0 Å². The lowest BCUT2D eigenvalue weighted by molar-refractivity contribution is -0.0742. The number of rotatable bonds is 3. The molecule has 3 unspecified atom stereocenters. The van der Waals surface area contributed by atoms with E-state index < -0.39 is 0 Å². The van der Waals surface area contributed by atoms with E-state index >= 15 is 0 Å². The minimum Gasteiger partial charge on any atom is -0.384 e. The first kappa shape index (κ1) is 13.4. The van der Waals surface area contributed by atoms with Gasteiger partial charge in [-0.1, -0.05) is 33.6 Å². The molecular formula is C16H30O. The first-order valence-electron chi connectivity index (χ1n) is 7.53. The Balaban J connectivity index is 2.16. The predicted molar refractivity (Wildman–Crippen MR) is 73.1 cm³/mol. The van der Waals surface area contributed by atoms with Crippen LogP contribution in [0.5, 0.6) is 0 Å². The summed E-state index contributed by atoms with van der Waals surface area (Å²) in [5.41, 5.74) is 1.22. The van der Waals surface area contributed by atoms with E-state index in [9.17, 15) is 0 Å². The molecule has 1 heteroatoms. The molecule has 0 amide bonds. The molecule has 2 saturated carbocycles. The molecule has 17 heavy (non-hydrogen) atoms. The van der Waals surface area contributed by atoms with Crippen LogP contribution in [0.15, 0.2) is 0 Å². The van der Waals surface area contributed by atoms with Gasteiger partial charge in [0.25, 0.3) is 0 Å². The zero-order chi connectivity index (χ0) is 12.5. The molecule has 2 rings (SSSR count). The third kappa shape index (κ3) is 2.41. The van der Waals surface area contributed by atoms with Crippen molar-refractivity contribution in [3.8, 4) is 0 Å². The number of hydrogen-bond donors (Lipinski definition) is 0. The average Bonchev–Trinajstić information content (AvgIpc) is 2.28. The van der Waals surface area contributed by atoms with Gasteiger partial charge in [-0.3, -0.25) is 0 Å². The topological polar surface area (TPSA) is 9.23 Å². The van der Waals surface area contributed by atoms with Gasteiger partial charge in [0.15, 0.2) is 0 Å². The summed E-state index contributed by atoms with van der Waals surface area (Å²) in [5.74, 6) is 1.78. The van der Waals surface area contributed by atoms with Crippen LogP contribution in [-0.4, -0.2) is 13.7 Å². The molecule has 0 radical (unpaired) electrons. The van der Waals surface area contributed by atoms with E-state index in [-0.39, 0.29) is 0 Å². The van der Waals surface area contributed by atoms with Gasteiger partial charge in [0.2, 0.25) is 0 Å². The minimum absolute atomic E-state index is 0.576. The van der Waals surface area contributed by atoms with Crippen LogP contribution in [0.2, 0.25) is 0 Å². The third-order valence-corrected chi connectivity index (χ3v) is 5.84. The third-order valence-electron chi connectivity index (χ3n) is 5.84. The molecule has 1 nitrogen and oxygen atoms in total. The lowest BCUT2D eigenvalue weighted by Crippen LogP contribution is -2.47. The van der Waals surface area contributed by atoms with Crippen molar-refractivity contribution in [3.05, 3.63) is 0 Å². The molecule has 0 saturated heterocycles. The van der Waals surface area contributed by atoms with E-state index in [1.165, 1.54) is 44.9 Å². The highest BCUT2D eigenvalue weighted by atomic mass is 16.5. The molecule has 0 spiro atoms. The smallest absolute Gasteiger partial charge is 0.0490 e. The molecule has 0 bridgehead atoms. The van der Waals surface area contributed by atoms with Crippen LogP contribution >= 0.6 is 0 Å². The minimum atomic E-state index is 0.576.